The third-order valence-electron chi connectivity index (χ3n) is 3.81. The van der Waals surface area contributed by atoms with E-state index in [9.17, 15) is 0 Å². The van der Waals surface area contributed by atoms with E-state index >= 15 is 0 Å². The number of aromatic nitrogens is 4. The van der Waals surface area contributed by atoms with Gasteiger partial charge < -0.3 is 9.84 Å². The summed E-state index contributed by atoms with van der Waals surface area (Å²) in [5, 5.41) is 18.2. The average molecular weight is 322 g/mol. The molecule has 0 atom stereocenters. The Labute approximate surface area is 134 Å². The molecule has 1 saturated heterocycles. The normalized spacial score (nSPS) is 16.5. The van der Waals surface area contributed by atoms with E-state index in [0.29, 0.717) is 18.4 Å². The lowest BCUT2D eigenvalue weighted by Gasteiger charge is -2.19. The van der Waals surface area contributed by atoms with Gasteiger partial charge in [0, 0.05) is 12.3 Å². The molecule has 0 saturated carbocycles. The molecule has 2 aromatic heterocycles. The Morgan fingerprint density at radius 3 is 2.82 bits per heavy atom. The number of piperidine rings is 1. The van der Waals surface area contributed by atoms with Crippen LogP contribution in [0.1, 0.15) is 47.4 Å². The van der Waals surface area contributed by atoms with E-state index in [2.05, 4.69) is 30.6 Å². The molecule has 0 unspecified atom stereocenters. The molecule has 120 valence electrons. The molecule has 1 aliphatic heterocycles. The Morgan fingerprint density at radius 1 is 1.27 bits per heavy atom. The summed E-state index contributed by atoms with van der Waals surface area (Å²) in [6, 6.07) is 0. The Balaban J connectivity index is 1.54. The monoisotopic (exact) mass is 322 g/mol. The van der Waals surface area contributed by atoms with Crippen molar-refractivity contribution < 1.29 is 4.52 Å². The summed E-state index contributed by atoms with van der Waals surface area (Å²) in [6.45, 7) is 5.57. The predicted molar refractivity (Wildman–Crippen MR) is 83.6 cm³/mol. The van der Waals surface area contributed by atoms with Gasteiger partial charge in [-0.25, -0.2) is 0 Å². The SMILES string of the molecule is CCc1noc(CN(C)Cc2nnc(C3CCNCC3)s2)n1. The largest absolute Gasteiger partial charge is 0.338 e. The molecule has 0 radical (unpaired) electrons. The van der Waals surface area contributed by atoms with E-state index in [1.807, 2.05) is 14.0 Å². The Hall–Kier alpha value is -1.38. The maximum absolute atomic E-state index is 5.22. The lowest BCUT2D eigenvalue weighted by atomic mass is 9.99. The molecule has 0 amide bonds. The Kier molecular flexibility index (Phi) is 5.12. The van der Waals surface area contributed by atoms with Gasteiger partial charge in [-0.05, 0) is 33.0 Å². The van der Waals surface area contributed by atoms with Gasteiger partial charge in [-0.15, -0.1) is 10.2 Å². The molecule has 0 aliphatic carbocycles. The van der Waals surface area contributed by atoms with Crippen LogP contribution in [0.5, 0.6) is 0 Å². The molecular weight excluding hydrogens is 300 g/mol. The van der Waals surface area contributed by atoms with Gasteiger partial charge in [0.1, 0.15) is 10.0 Å². The molecule has 0 aromatic carbocycles. The molecule has 1 N–H and O–H groups in total. The summed E-state index contributed by atoms with van der Waals surface area (Å²) in [6.07, 6.45) is 3.11. The van der Waals surface area contributed by atoms with E-state index < -0.39 is 0 Å². The summed E-state index contributed by atoms with van der Waals surface area (Å²) >= 11 is 1.73. The lowest BCUT2D eigenvalue weighted by Crippen LogP contribution is -2.26. The van der Waals surface area contributed by atoms with Crippen LogP contribution in [0.15, 0.2) is 4.52 Å². The van der Waals surface area contributed by atoms with Crippen molar-refractivity contribution in [2.45, 2.75) is 45.2 Å². The van der Waals surface area contributed by atoms with Gasteiger partial charge >= 0.3 is 0 Å². The van der Waals surface area contributed by atoms with Gasteiger partial charge in [-0.1, -0.05) is 23.4 Å². The van der Waals surface area contributed by atoms with E-state index in [0.717, 1.165) is 49.7 Å². The van der Waals surface area contributed by atoms with Gasteiger partial charge in [0.25, 0.3) is 0 Å². The quantitative estimate of drug-likeness (QED) is 0.865. The third-order valence-corrected chi connectivity index (χ3v) is 4.88. The van der Waals surface area contributed by atoms with Gasteiger partial charge in [-0.2, -0.15) is 4.98 Å². The highest BCUT2D eigenvalue weighted by Gasteiger charge is 2.20. The van der Waals surface area contributed by atoms with Crippen LogP contribution in [0.25, 0.3) is 0 Å². The second-order valence-electron chi connectivity index (χ2n) is 5.69. The van der Waals surface area contributed by atoms with Gasteiger partial charge in [0.2, 0.25) is 5.89 Å². The van der Waals surface area contributed by atoms with Gasteiger partial charge in [-0.3, -0.25) is 4.90 Å². The highest BCUT2D eigenvalue weighted by molar-refractivity contribution is 7.11. The first-order chi connectivity index (χ1) is 10.7. The molecule has 2 aromatic rings. The smallest absolute Gasteiger partial charge is 0.240 e. The number of hydrogen-bond acceptors (Lipinski definition) is 8. The molecule has 3 rings (SSSR count). The van der Waals surface area contributed by atoms with Crippen molar-refractivity contribution in [3.8, 4) is 0 Å². The van der Waals surface area contributed by atoms with Crippen molar-refractivity contribution >= 4 is 11.3 Å². The minimum Gasteiger partial charge on any atom is -0.338 e. The fraction of sp³-hybridized carbons (Fsp3) is 0.714. The zero-order valence-electron chi connectivity index (χ0n) is 13.1. The molecule has 7 nitrogen and oxygen atoms in total. The minimum absolute atomic E-state index is 0.570. The van der Waals surface area contributed by atoms with Crippen LogP contribution in [0, 0.1) is 0 Å². The predicted octanol–water partition coefficient (Wildman–Crippen LogP) is 1.58. The lowest BCUT2D eigenvalue weighted by molar-refractivity contribution is 0.259. The first kappa shape index (κ1) is 15.5. The minimum atomic E-state index is 0.570. The second-order valence-corrected chi connectivity index (χ2v) is 6.78. The summed E-state index contributed by atoms with van der Waals surface area (Å²) in [7, 11) is 2.03. The van der Waals surface area contributed by atoms with Crippen LogP contribution in [-0.2, 0) is 19.5 Å². The van der Waals surface area contributed by atoms with Crippen LogP contribution in [0.4, 0.5) is 0 Å². The Bertz CT molecular complexity index is 592. The van der Waals surface area contributed by atoms with Crippen molar-refractivity contribution in [3.05, 3.63) is 21.7 Å². The first-order valence-electron chi connectivity index (χ1n) is 7.77. The Morgan fingerprint density at radius 2 is 2.09 bits per heavy atom. The number of aryl methyl sites for hydroxylation is 1. The number of nitrogens with one attached hydrogen (secondary N) is 1. The topological polar surface area (TPSA) is 80.0 Å². The second kappa shape index (κ2) is 7.26. The zero-order valence-corrected chi connectivity index (χ0v) is 13.9. The molecule has 8 heteroatoms. The number of rotatable bonds is 6. The van der Waals surface area contributed by atoms with E-state index in [1.54, 1.807) is 11.3 Å². The van der Waals surface area contributed by atoms with E-state index in [1.165, 1.54) is 5.01 Å². The fourth-order valence-corrected chi connectivity index (χ4v) is 3.67. The molecular formula is C14H22N6OS. The summed E-state index contributed by atoms with van der Waals surface area (Å²) in [5.41, 5.74) is 0. The van der Waals surface area contributed by atoms with Crippen LogP contribution in [0.2, 0.25) is 0 Å². The standard InChI is InChI=1S/C14H22N6OS/c1-3-11-16-12(21-19-11)8-20(2)9-13-17-18-14(22-13)10-4-6-15-7-5-10/h10,15H,3-9H2,1-2H3. The van der Waals surface area contributed by atoms with Crippen LogP contribution in [0.3, 0.4) is 0 Å². The molecule has 22 heavy (non-hydrogen) atoms. The van der Waals surface area contributed by atoms with Gasteiger partial charge in [0.05, 0.1) is 13.1 Å². The van der Waals surface area contributed by atoms with Crippen molar-refractivity contribution in [1.82, 2.24) is 30.6 Å². The molecule has 0 spiro atoms. The molecule has 1 aliphatic rings. The van der Waals surface area contributed by atoms with Crippen molar-refractivity contribution in [2.24, 2.45) is 0 Å². The van der Waals surface area contributed by atoms with Crippen molar-refractivity contribution in [3.63, 3.8) is 0 Å². The van der Waals surface area contributed by atoms with E-state index in [4.69, 9.17) is 4.52 Å². The fourth-order valence-electron chi connectivity index (χ4n) is 2.58. The van der Waals surface area contributed by atoms with Crippen molar-refractivity contribution in [2.75, 3.05) is 20.1 Å². The molecule has 1 fully saturated rings. The summed E-state index contributed by atoms with van der Waals surface area (Å²) in [4.78, 5) is 6.45. The number of hydrogen-bond donors (Lipinski definition) is 1. The van der Waals surface area contributed by atoms with Crippen LogP contribution >= 0.6 is 11.3 Å². The summed E-state index contributed by atoms with van der Waals surface area (Å²) < 4.78 is 5.22. The average Bonchev–Trinajstić information content (AvgIpc) is 3.17. The van der Waals surface area contributed by atoms with Crippen LogP contribution in [-0.4, -0.2) is 45.4 Å². The zero-order chi connectivity index (χ0) is 15.4. The van der Waals surface area contributed by atoms with Crippen molar-refractivity contribution in [1.29, 1.82) is 0 Å². The molecule has 0 bridgehead atoms. The maximum atomic E-state index is 5.22. The summed E-state index contributed by atoms with van der Waals surface area (Å²) in [5.74, 6) is 1.98. The third kappa shape index (κ3) is 3.88. The van der Waals surface area contributed by atoms with E-state index in [-0.39, 0.29) is 0 Å². The van der Waals surface area contributed by atoms with Gasteiger partial charge in [0.15, 0.2) is 5.82 Å². The first-order valence-corrected chi connectivity index (χ1v) is 8.59. The highest BCUT2D eigenvalue weighted by atomic mass is 32.1. The number of nitrogens with zero attached hydrogens (tertiary/aromatic N) is 5. The molecule has 3 heterocycles. The highest BCUT2D eigenvalue weighted by Crippen LogP contribution is 2.28. The van der Waals surface area contributed by atoms with Crippen LogP contribution < -0.4 is 5.32 Å². The maximum Gasteiger partial charge on any atom is 0.240 e.